The van der Waals surface area contributed by atoms with Gasteiger partial charge in [0.05, 0.1) is 18.0 Å². The molecule has 0 aromatic heterocycles. The smallest absolute Gasteiger partial charge is 0.163 e. The molecule has 21 heavy (non-hydrogen) atoms. The number of ether oxygens (including phenoxy) is 3. The number of hydrogen-bond donors (Lipinski definition) is 1. The van der Waals surface area contributed by atoms with Crippen LogP contribution in [0.25, 0.3) is 0 Å². The Kier molecular flexibility index (Phi) is 4.10. The maximum absolute atomic E-state index is 6.26. The summed E-state index contributed by atoms with van der Waals surface area (Å²) in [5.74, 6) is 2.29. The Hall–Kier alpha value is -1.62. The zero-order valence-electron chi connectivity index (χ0n) is 12.8. The normalized spacial score (nSPS) is 18.4. The summed E-state index contributed by atoms with van der Waals surface area (Å²) < 4.78 is 16.5. The summed E-state index contributed by atoms with van der Waals surface area (Å²) in [6.07, 6.45) is 2.60. The molecule has 3 rings (SSSR count). The summed E-state index contributed by atoms with van der Waals surface area (Å²) in [4.78, 5) is 2.34. The molecule has 1 saturated carbocycles. The van der Waals surface area contributed by atoms with Gasteiger partial charge in [-0.2, -0.15) is 0 Å². The lowest BCUT2D eigenvalue weighted by molar-refractivity contribution is 0.171. The van der Waals surface area contributed by atoms with Crippen molar-refractivity contribution in [1.82, 2.24) is 0 Å². The third-order valence-corrected chi connectivity index (χ3v) is 4.33. The van der Waals surface area contributed by atoms with E-state index >= 15 is 0 Å². The van der Waals surface area contributed by atoms with Gasteiger partial charge in [-0.25, -0.2) is 0 Å². The van der Waals surface area contributed by atoms with Crippen LogP contribution in [0.4, 0.5) is 11.4 Å². The van der Waals surface area contributed by atoms with Crippen molar-refractivity contribution in [2.24, 2.45) is 5.92 Å². The van der Waals surface area contributed by atoms with E-state index in [1.807, 2.05) is 12.1 Å². The van der Waals surface area contributed by atoms with E-state index in [-0.39, 0.29) is 0 Å². The molecule has 116 valence electrons. The van der Waals surface area contributed by atoms with Gasteiger partial charge in [0.1, 0.15) is 13.2 Å². The van der Waals surface area contributed by atoms with Gasteiger partial charge in [0.15, 0.2) is 11.5 Å². The van der Waals surface area contributed by atoms with Crippen LogP contribution in [-0.4, -0.2) is 39.5 Å². The zero-order chi connectivity index (χ0) is 14.8. The predicted molar refractivity (Wildman–Crippen MR) is 83.3 cm³/mol. The number of benzene rings is 1. The second kappa shape index (κ2) is 6.02. The quantitative estimate of drug-likeness (QED) is 0.815. The number of nitrogens with zero attached hydrogens (tertiary/aromatic N) is 1. The van der Waals surface area contributed by atoms with E-state index in [1.54, 1.807) is 7.11 Å². The fourth-order valence-electron chi connectivity index (χ4n) is 2.91. The van der Waals surface area contributed by atoms with E-state index in [0.29, 0.717) is 25.9 Å². The van der Waals surface area contributed by atoms with E-state index in [4.69, 9.17) is 19.9 Å². The number of nitrogens with two attached hydrogens (primary N) is 1. The molecule has 2 N–H and O–H groups in total. The average molecular weight is 292 g/mol. The van der Waals surface area contributed by atoms with Crippen LogP contribution in [0.2, 0.25) is 0 Å². The van der Waals surface area contributed by atoms with E-state index < -0.39 is 0 Å². The number of hydrogen-bond acceptors (Lipinski definition) is 5. The van der Waals surface area contributed by atoms with Crippen LogP contribution in [0.5, 0.6) is 11.5 Å². The summed E-state index contributed by atoms with van der Waals surface area (Å²) in [5.41, 5.74) is 8.02. The molecule has 1 atom stereocenters. The molecule has 0 bridgehead atoms. The highest BCUT2D eigenvalue weighted by molar-refractivity contribution is 5.73. The van der Waals surface area contributed by atoms with Crippen molar-refractivity contribution in [2.75, 3.05) is 44.1 Å². The third kappa shape index (κ3) is 3.02. The first-order valence-corrected chi connectivity index (χ1v) is 7.65. The van der Waals surface area contributed by atoms with E-state index in [2.05, 4.69) is 11.8 Å². The van der Waals surface area contributed by atoms with Crippen molar-refractivity contribution in [3.05, 3.63) is 12.1 Å². The van der Waals surface area contributed by atoms with Gasteiger partial charge < -0.3 is 24.8 Å². The highest BCUT2D eigenvalue weighted by Crippen LogP contribution is 2.42. The van der Waals surface area contributed by atoms with Crippen LogP contribution in [-0.2, 0) is 4.74 Å². The van der Waals surface area contributed by atoms with Gasteiger partial charge in [-0.05, 0) is 25.7 Å². The van der Waals surface area contributed by atoms with E-state index in [0.717, 1.165) is 35.3 Å². The molecule has 1 heterocycles. The lowest BCUT2D eigenvalue weighted by Crippen LogP contribution is -2.37. The lowest BCUT2D eigenvalue weighted by atomic mass is 10.1. The molecule has 0 saturated heterocycles. The summed E-state index contributed by atoms with van der Waals surface area (Å²) in [6, 6.07) is 4.35. The summed E-state index contributed by atoms with van der Waals surface area (Å²) in [5, 5.41) is 0. The highest BCUT2D eigenvalue weighted by Gasteiger charge is 2.33. The Labute approximate surface area is 126 Å². The number of fused-ring (bicyclic) bond motifs is 1. The molecule has 0 amide bonds. The fraction of sp³-hybridized carbons (Fsp3) is 0.625. The zero-order valence-corrected chi connectivity index (χ0v) is 12.8. The molecule has 1 aromatic carbocycles. The molecule has 0 spiro atoms. The molecule has 1 aliphatic heterocycles. The Bertz CT molecular complexity index is 503. The second-order valence-corrected chi connectivity index (χ2v) is 5.82. The molecule has 5 nitrogen and oxygen atoms in total. The van der Waals surface area contributed by atoms with Crippen molar-refractivity contribution in [2.45, 2.75) is 25.8 Å². The Morgan fingerprint density at radius 1 is 1.29 bits per heavy atom. The molecule has 1 fully saturated rings. The van der Waals surface area contributed by atoms with E-state index in [9.17, 15) is 0 Å². The minimum absolute atomic E-state index is 0.463. The van der Waals surface area contributed by atoms with Crippen LogP contribution < -0.4 is 20.1 Å². The third-order valence-electron chi connectivity index (χ3n) is 4.33. The highest BCUT2D eigenvalue weighted by atomic mass is 16.6. The topological polar surface area (TPSA) is 57.0 Å². The SMILES string of the molecule is COCCN(c1cc2c(cc1N)OCCO2)C(C)C1CC1. The molecule has 1 aromatic rings. The van der Waals surface area contributed by atoms with Crippen molar-refractivity contribution < 1.29 is 14.2 Å². The van der Waals surface area contributed by atoms with Gasteiger partial charge >= 0.3 is 0 Å². The standard InChI is InChI=1S/C16H24N2O3/c1-11(12-3-4-12)18(5-6-19-2)14-10-16-15(9-13(14)17)20-7-8-21-16/h9-12H,3-8,17H2,1-2H3. The molecule has 2 aliphatic rings. The Morgan fingerprint density at radius 2 is 1.95 bits per heavy atom. The van der Waals surface area contributed by atoms with Crippen molar-refractivity contribution in [3.8, 4) is 11.5 Å². The molecule has 5 heteroatoms. The summed E-state index contributed by atoms with van der Waals surface area (Å²) in [7, 11) is 1.73. The molecule has 1 aliphatic carbocycles. The minimum Gasteiger partial charge on any atom is -0.486 e. The number of methoxy groups -OCH3 is 1. The monoisotopic (exact) mass is 292 g/mol. The minimum atomic E-state index is 0.463. The van der Waals surface area contributed by atoms with Crippen LogP contribution >= 0.6 is 0 Å². The maximum atomic E-state index is 6.26. The van der Waals surface area contributed by atoms with Gasteiger partial charge in [-0.1, -0.05) is 0 Å². The lowest BCUT2D eigenvalue weighted by Gasteiger charge is -2.33. The Balaban J connectivity index is 1.89. The molecule has 1 unspecified atom stereocenters. The van der Waals surface area contributed by atoms with Gasteiger partial charge in [0, 0.05) is 31.8 Å². The van der Waals surface area contributed by atoms with Crippen molar-refractivity contribution in [1.29, 1.82) is 0 Å². The number of rotatable bonds is 6. The first kappa shape index (κ1) is 14.3. The van der Waals surface area contributed by atoms with Gasteiger partial charge in [0.25, 0.3) is 0 Å². The first-order valence-electron chi connectivity index (χ1n) is 7.65. The summed E-state index contributed by atoms with van der Waals surface area (Å²) >= 11 is 0. The fourth-order valence-corrected chi connectivity index (χ4v) is 2.91. The van der Waals surface area contributed by atoms with Crippen molar-refractivity contribution >= 4 is 11.4 Å². The van der Waals surface area contributed by atoms with Gasteiger partial charge in [-0.15, -0.1) is 0 Å². The average Bonchev–Trinajstić information content (AvgIpc) is 3.32. The number of nitrogen functional groups attached to an aromatic ring is 1. The largest absolute Gasteiger partial charge is 0.486 e. The first-order chi connectivity index (χ1) is 10.2. The Morgan fingerprint density at radius 3 is 2.57 bits per heavy atom. The maximum Gasteiger partial charge on any atom is 0.163 e. The van der Waals surface area contributed by atoms with Gasteiger partial charge in [-0.3, -0.25) is 0 Å². The predicted octanol–water partition coefficient (Wildman–Crippen LogP) is 2.29. The van der Waals surface area contributed by atoms with Crippen molar-refractivity contribution in [3.63, 3.8) is 0 Å². The molecule has 0 radical (unpaired) electrons. The van der Waals surface area contributed by atoms with Crippen LogP contribution in [0, 0.1) is 5.92 Å². The van der Waals surface area contributed by atoms with E-state index in [1.165, 1.54) is 12.8 Å². The van der Waals surface area contributed by atoms with Crippen LogP contribution in [0.3, 0.4) is 0 Å². The number of anilines is 2. The van der Waals surface area contributed by atoms with Crippen LogP contribution in [0.15, 0.2) is 12.1 Å². The molecular weight excluding hydrogens is 268 g/mol. The molecular formula is C16H24N2O3. The second-order valence-electron chi connectivity index (χ2n) is 5.82. The van der Waals surface area contributed by atoms with Crippen LogP contribution in [0.1, 0.15) is 19.8 Å². The van der Waals surface area contributed by atoms with Gasteiger partial charge in [0.2, 0.25) is 0 Å². The summed E-state index contributed by atoms with van der Waals surface area (Å²) in [6.45, 7) is 4.96.